The maximum Gasteiger partial charge on any atom is 2.00 e. The van der Waals surface area contributed by atoms with Gasteiger partial charge in [0.1, 0.15) is 0 Å². The SMILES string of the molecule is [CH]1[CH][CH][CH][CH]1.[CH]1[CH][CH][C](c2nc3ccccc3cc2-c2ccccc2)[CH]1.[Fe+2]. The molecule has 2 fully saturated rings. The third-order valence-electron chi connectivity index (χ3n) is 4.30. The molecule has 0 atom stereocenters. The molecule has 0 bridgehead atoms. The normalized spacial score (nSPS) is 16.6. The molecule has 0 unspecified atom stereocenters. The van der Waals surface area contributed by atoms with Gasteiger partial charge in [0, 0.05) is 16.9 Å². The smallest absolute Gasteiger partial charge is 0.252 e. The van der Waals surface area contributed by atoms with E-state index in [1.807, 2.05) is 44.2 Å². The van der Waals surface area contributed by atoms with E-state index in [0.29, 0.717) is 0 Å². The Labute approximate surface area is 174 Å². The minimum atomic E-state index is 0. The van der Waals surface area contributed by atoms with E-state index in [4.69, 9.17) is 4.98 Å². The van der Waals surface area contributed by atoms with Crippen LogP contribution in [0.15, 0.2) is 60.7 Å². The van der Waals surface area contributed by atoms with Gasteiger partial charge >= 0.3 is 17.1 Å². The standard InChI is InChI=1S/C20H14N.C5H5.Fe/c1-2-8-15(9-3-1)18-14-17-12-6-7-13-19(17)21-20(18)16-10-4-5-11-16;1-2-4-5-3-1;/h1-14H;1-5H;/q;;+2. The van der Waals surface area contributed by atoms with Gasteiger partial charge in [-0.25, -0.2) is 0 Å². The summed E-state index contributed by atoms with van der Waals surface area (Å²) >= 11 is 0. The number of pyridine rings is 1. The van der Waals surface area contributed by atoms with Gasteiger partial charge in [-0.2, -0.15) is 0 Å². The van der Waals surface area contributed by atoms with Crippen LogP contribution in [0.25, 0.3) is 22.0 Å². The summed E-state index contributed by atoms with van der Waals surface area (Å²) in [5.41, 5.74) is 4.46. The van der Waals surface area contributed by atoms with Crippen LogP contribution >= 0.6 is 0 Å². The summed E-state index contributed by atoms with van der Waals surface area (Å²) in [6, 6.07) is 21.0. The molecule has 0 amide bonds. The first-order chi connectivity index (χ1) is 12.9. The molecule has 0 spiro atoms. The second-order valence-electron chi connectivity index (χ2n) is 6.08. The second kappa shape index (κ2) is 10.1. The zero-order valence-electron chi connectivity index (χ0n) is 14.8. The molecule has 1 heterocycles. The molecule has 0 N–H and O–H groups in total. The number of nitrogens with zero attached hydrogens (tertiary/aromatic N) is 1. The number of hydrogen-bond acceptors (Lipinski definition) is 1. The fraction of sp³-hybridized carbons (Fsp3) is 0. The van der Waals surface area contributed by atoms with Crippen LogP contribution in [0.4, 0.5) is 0 Å². The first-order valence-corrected chi connectivity index (χ1v) is 8.76. The van der Waals surface area contributed by atoms with Gasteiger partial charge in [-0.3, -0.25) is 4.98 Å². The van der Waals surface area contributed by atoms with Crippen molar-refractivity contribution in [3.63, 3.8) is 0 Å². The topological polar surface area (TPSA) is 12.9 Å². The molecule has 2 saturated carbocycles. The summed E-state index contributed by atoms with van der Waals surface area (Å²) in [6.07, 6.45) is 18.3. The molecule has 2 aliphatic rings. The quantitative estimate of drug-likeness (QED) is 0.515. The van der Waals surface area contributed by atoms with Gasteiger partial charge in [-0.15, -0.1) is 0 Å². The fourth-order valence-electron chi connectivity index (χ4n) is 3.03. The Morgan fingerprint density at radius 1 is 0.593 bits per heavy atom. The van der Waals surface area contributed by atoms with Crippen molar-refractivity contribution in [2.45, 2.75) is 0 Å². The van der Waals surface area contributed by atoms with E-state index >= 15 is 0 Å². The number of fused-ring (bicyclic) bond motifs is 1. The molecular formula is C25H19FeN+2. The number of para-hydroxylation sites is 1. The molecule has 10 radical (unpaired) electrons. The number of hydrogen-bond donors (Lipinski definition) is 0. The maximum atomic E-state index is 4.89. The van der Waals surface area contributed by atoms with E-state index in [9.17, 15) is 0 Å². The van der Waals surface area contributed by atoms with Crippen LogP contribution in [0, 0.1) is 63.7 Å². The van der Waals surface area contributed by atoms with Gasteiger partial charge in [0.05, 0.1) is 11.2 Å². The van der Waals surface area contributed by atoms with Crippen LogP contribution in [0.1, 0.15) is 5.69 Å². The second-order valence-corrected chi connectivity index (χ2v) is 6.08. The monoisotopic (exact) mass is 389 g/mol. The van der Waals surface area contributed by atoms with E-state index < -0.39 is 0 Å². The van der Waals surface area contributed by atoms with Crippen molar-refractivity contribution in [2.24, 2.45) is 0 Å². The number of benzene rings is 2. The van der Waals surface area contributed by atoms with E-state index in [1.54, 1.807) is 0 Å². The summed E-state index contributed by atoms with van der Waals surface area (Å²) in [5, 5.41) is 1.17. The molecular weight excluding hydrogens is 370 g/mol. The Morgan fingerprint density at radius 2 is 1.19 bits per heavy atom. The van der Waals surface area contributed by atoms with Crippen LogP contribution in [0.2, 0.25) is 0 Å². The molecule has 2 aliphatic carbocycles. The summed E-state index contributed by atoms with van der Waals surface area (Å²) in [4.78, 5) is 4.89. The van der Waals surface area contributed by atoms with E-state index in [2.05, 4.69) is 74.2 Å². The van der Waals surface area contributed by atoms with Crippen LogP contribution < -0.4 is 0 Å². The molecule has 1 nitrogen and oxygen atoms in total. The average molecular weight is 389 g/mol. The predicted octanol–water partition coefficient (Wildman–Crippen LogP) is 5.67. The molecule has 2 aromatic carbocycles. The van der Waals surface area contributed by atoms with Crippen molar-refractivity contribution in [1.29, 1.82) is 0 Å². The van der Waals surface area contributed by atoms with Gasteiger partial charge in [0.25, 0.3) is 0 Å². The largest absolute Gasteiger partial charge is 2.00 e. The van der Waals surface area contributed by atoms with Crippen molar-refractivity contribution in [3.8, 4) is 11.1 Å². The minimum absolute atomic E-state index is 0. The van der Waals surface area contributed by atoms with E-state index in [0.717, 1.165) is 11.2 Å². The van der Waals surface area contributed by atoms with Crippen LogP contribution in [-0.2, 0) is 17.1 Å². The Hall–Kier alpha value is -1.63. The van der Waals surface area contributed by atoms with E-state index in [1.165, 1.54) is 22.4 Å². The van der Waals surface area contributed by atoms with Crippen molar-refractivity contribution >= 4 is 10.9 Å². The summed E-state index contributed by atoms with van der Waals surface area (Å²) < 4.78 is 0. The summed E-state index contributed by atoms with van der Waals surface area (Å²) in [7, 11) is 0. The molecule has 0 aliphatic heterocycles. The Morgan fingerprint density at radius 3 is 1.85 bits per heavy atom. The van der Waals surface area contributed by atoms with Gasteiger partial charge < -0.3 is 0 Å². The molecule has 130 valence electrons. The Balaban J connectivity index is 0.000000306. The number of rotatable bonds is 2. The fourth-order valence-corrected chi connectivity index (χ4v) is 3.03. The van der Waals surface area contributed by atoms with Crippen molar-refractivity contribution < 1.29 is 17.1 Å². The van der Waals surface area contributed by atoms with Crippen molar-refractivity contribution in [3.05, 3.63) is 130 Å². The molecule has 1 aromatic heterocycles. The van der Waals surface area contributed by atoms with Crippen LogP contribution in [-0.4, -0.2) is 4.98 Å². The van der Waals surface area contributed by atoms with Gasteiger partial charge in [-0.1, -0.05) is 48.5 Å². The first kappa shape index (κ1) is 20.1. The van der Waals surface area contributed by atoms with Gasteiger partial charge in [0.2, 0.25) is 0 Å². The van der Waals surface area contributed by atoms with Crippen LogP contribution in [0.3, 0.4) is 0 Å². The third kappa shape index (κ3) is 5.00. The average Bonchev–Trinajstić information content (AvgIpc) is 3.44. The first-order valence-electron chi connectivity index (χ1n) is 8.76. The molecule has 5 rings (SSSR count). The zero-order valence-corrected chi connectivity index (χ0v) is 15.9. The van der Waals surface area contributed by atoms with E-state index in [-0.39, 0.29) is 17.1 Å². The van der Waals surface area contributed by atoms with Crippen molar-refractivity contribution in [1.82, 2.24) is 4.98 Å². The predicted molar refractivity (Wildman–Crippen MR) is 108 cm³/mol. The molecule has 3 aromatic rings. The Bertz CT molecular complexity index is 826. The summed E-state index contributed by atoms with van der Waals surface area (Å²) in [6.45, 7) is 0. The number of aromatic nitrogens is 1. The zero-order chi connectivity index (χ0) is 17.6. The molecule has 27 heavy (non-hydrogen) atoms. The maximum absolute atomic E-state index is 4.89. The molecule has 2 heteroatoms. The van der Waals surface area contributed by atoms with Gasteiger partial charge in [-0.05, 0) is 75.5 Å². The molecule has 0 saturated heterocycles. The minimum Gasteiger partial charge on any atom is -0.252 e. The van der Waals surface area contributed by atoms with Gasteiger partial charge in [0.15, 0.2) is 0 Å². The van der Waals surface area contributed by atoms with Crippen LogP contribution in [0.5, 0.6) is 0 Å². The van der Waals surface area contributed by atoms with Crippen molar-refractivity contribution in [2.75, 3.05) is 0 Å². The summed E-state index contributed by atoms with van der Waals surface area (Å²) in [5.74, 6) is 1.17. The Kier molecular flexibility index (Phi) is 7.50. The third-order valence-corrected chi connectivity index (χ3v) is 4.30.